The predicted octanol–water partition coefficient (Wildman–Crippen LogP) is 10.4. The highest BCUT2D eigenvalue weighted by Gasteiger charge is 2.24. The molecule has 4 rings (SSSR count). The lowest BCUT2D eigenvalue weighted by Gasteiger charge is -2.32. The standard InChI is InChI=1S/C15H28.C13H12.2C2H6/c1-12-3-7-14(8-4-12)11-15-9-5-13(2)6-10-15;1-3-7-12(8-4-1)11-13-9-5-2-6-10-13;2*1-2/h12-15H,3-11H2,1-2H3;1-10H,11H2;2*1-2H3. The highest BCUT2D eigenvalue weighted by atomic mass is 14.3. The van der Waals surface area contributed by atoms with Crippen molar-refractivity contribution < 1.29 is 0 Å². The van der Waals surface area contributed by atoms with Gasteiger partial charge < -0.3 is 0 Å². The van der Waals surface area contributed by atoms with E-state index in [1.807, 2.05) is 27.7 Å². The van der Waals surface area contributed by atoms with E-state index in [0.717, 1.165) is 30.1 Å². The van der Waals surface area contributed by atoms with Gasteiger partial charge in [0.25, 0.3) is 0 Å². The average molecular weight is 437 g/mol. The summed E-state index contributed by atoms with van der Waals surface area (Å²) in [5.74, 6) is 4.24. The summed E-state index contributed by atoms with van der Waals surface area (Å²) in [7, 11) is 0. The third kappa shape index (κ3) is 11.9. The minimum absolute atomic E-state index is 1.02. The molecule has 0 nitrogen and oxygen atoms in total. The molecule has 0 N–H and O–H groups in total. The van der Waals surface area contributed by atoms with E-state index in [1.54, 1.807) is 6.42 Å². The summed E-state index contributed by atoms with van der Waals surface area (Å²) in [4.78, 5) is 0. The fourth-order valence-corrected chi connectivity index (χ4v) is 5.03. The van der Waals surface area contributed by atoms with Crippen molar-refractivity contribution in [3.05, 3.63) is 71.8 Å². The largest absolute Gasteiger partial charge is 0.0683 e. The highest BCUT2D eigenvalue weighted by Crippen LogP contribution is 2.37. The Labute approximate surface area is 201 Å². The molecule has 2 saturated carbocycles. The van der Waals surface area contributed by atoms with E-state index in [-0.39, 0.29) is 0 Å². The molecule has 2 fully saturated rings. The van der Waals surface area contributed by atoms with E-state index < -0.39 is 0 Å². The zero-order valence-corrected chi connectivity index (χ0v) is 22.2. The molecule has 0 saturated heterocycles. The lowest BCUT2D eigenvalue weighted by molar-refractivity contribution is 0.201. The third-order valence-electron chi connectivity index (χ3n) is 7.03. The Bertz CT molecular complexity index is 571. The van der Waals surface area contributed by atoms with Crippen molar-refractivity contribution in [1.82, 2.24) is 0 Å². The summed E-state index contributed by atoms with van der Waals surface area (Å²) in [5.41, 5.74) is 2.74. The maximum atomic E-state index is 2.43. The topological polar surface area (TPSA) is 0 Å². The molecule has 0 radical (unpaired) electrons. The maximum absolute atomic E-state index is 2.43. The van der Waals surface area contributed by atoms with Gasteiger partial charge in [-0.3, -0.25) is 0 Å². The molecule has 0 amide bonds. The zero-order valence-electron chi connectivity index (χ0n) is 22.2. The number of benzene rings is 2. The molecule has 0 bridgehead atoms. The number of hydrogen-bond acceptors (Lipinski definition) is 0. The molecule has 0 aromatic heterocycles. The quantitative estimate of drug-likeness (QED) is 0.447. The Kier molecular flexibility index (Phi) is 16.0. The van der Waals surface area contributed by atoms with Crippen LogP contribution in [0, 0.1) is 23.7 Å². The van der Waals surface area contributed by atoms with Crippen molar-refractivity contribution in [3.63, 3.8) is 0 Å². The molecular weight excluding hydrogens is 384 g/mol. The smallest absolute Gasteiger partial charge is 0.00258 e. The molecule has 180 valence electrons. The van der Waals surface area contributed by atoms with Crippen LogP contribution in [-0.2, 0) is 6.42 Å². The Balaban J connectivity index is 0.000000279. The maximum Gasteiger partial charge on any atom is -0.00258 e. The van der Waals surface area contributed by atoms with Gasteiger partial charge in [0.05, 0.1) is 0 Å². The van der Waals surface area contributed by atoms with Crippen molar-refractivity contribution >= 4 is 0 Å². The van der Waals surface area contributed by atoms with Crippen LogP contribution in [-0.4, -0.2) is 0 Å². The zero-order chi connectivity index (χ0) is 23.6. The predicted molar refractivity (Wildman–Crippen MR) is 145 cm³/mol. The normalized spacial score (nSPS) is 24.4. The summed E-state index contributed by atoms with van der Waals surface area (Å²) < 4.78 is 0. The summed E-state index contributed by atoms with van der Waals surface area (Å²) in [5, 5.41) is 0. The molecule has 2 aromatic rings. The first kappa shape index (κ1) is 28.5. The lowest BCUT2D eigenvalue weighted by atomic mass is 9.74. The van der Waals surface area contributed by atoms with Crippen LogP contribution >= 0.6 is 0 Å². The van der Waals surface area contributed by atoms with Crippen LogP contribution in [0.4, 0.5) is 0 Å². The van der Waals surface area contributed by atoms with E-state index in [9.17, 15) is 0 Å². The van der Waals surface area contributed by atoms with Gasteiger partial charge in [0.1, 0.15) is 0 Å². The van der Waals surface area contributed by atoms with Gasteiger partial charge in [0.2, 0.25) is 0 Å². The highest BCUT2D eigenvalue weighted by molar-refractivity contribution is 5.25. The minimum atomic E-state index is 1.02. The Hall–Kier alpha value is -1.56. The monoisotopic (exact) mass is 436 g/mol. The van der Waals surface area contributed by atoms with Crippen molar-refractivity contribution in [1.29, 1.82) is 0 Å². The van der Waals surface area contributed by atoms with Crippen molar-refractivity contribution in [2.45, 2.75) is 106 Å². The Morgan fingerprint density at radius 1 is 0.500 bits per heavy atom. The summed E-state index contributed by atoms with van der Waals surface area (Å²) in [6.45, 7) is 12.9. The van der Waals surface area contributed by atoms with Gasteiger partial charge in [-0.25, -0.2) is 0 Å². The van der Waals surface area contributed by atoms with Crippen molar-refractivity contribution in [3.8, 4) is 0 Å². The molecule has 2 aliphatic rings. The van der Waals surface area contributed by atoms with Crippen molar-refractivity contribution in [2.24, 2.45) is 23.7 Å². The Morgan fingerprint density at radius 2 is 0.812 bits per heavy atom. The van der Waals surface area contributed by atoms with Gasteiger partial charge in [-0.1, -0.05) is 154 Å². The van der Waals surface area contributed by atoms with E-state index >= 15 is 0 Å². The molecule has 2 aromatic carbocycles. The van der Waals surface area contributed by atoms with E-state index in [4.69, 9.17) is 0 Å². The van der Waals surface area contributed by atoms with Crippen molar-refractivity contribution in [2.75, 3.05) is 0 Å². The number of hydrogen-bond donors (Lipinski definition) is 0. The second-order valence-electron chi connectivity index (χ2n) is 9.64. The summed E-state index contributed by atoms with van der Waals surface area (Å²) >= 11 is 0. The van der Waals surface area contributed by atoms with Crippen LogP contribution in [0.25, 0.3) is 0 Å². The summed E-state index contributed by atoms with van der Waals surface area (Å²) in [6, 6.07) is 21.1. The minimum Gasteiger partial charge on any atom is -0.0683 e. The first-order valence-electron chi connectivity index (χ1n) is 13.8. The van der Waals surface area contributed by atoms with E-state index in [1.165, 1.54) is 62.5 Å². The molecule has 0 aliphatic heterocycles. The van der Waals surface area contributed by atoms with Crippen LogP contribution in [0.15, 0.2) is 60.7 Å². The van der Waals surface area contributed by atoms with Crippen LogP contribution in [0.1, 0.15) is 110 Å². The van der Waals surface area contributed by atoms with Gasteiger partial charge in [-0.15, -0.1) is 0 Å². The second-order valence-corrected chi connectivity index (χ2v) is 9.64. The molecule has 32 heavy (non-hydrogen) atoms. The van der Waals surface area contributed by atoms with Gasteiger partial charge >= 0.3 is 0 Å². The van der Waals surface area contributed by atoms with Crippen LogP contribution in [0.5, 0.6) is 0 Å². The molecular formula is C32H52. The lowest BCUT2D eigenvalue weighted by Crippen LogP contribution is -2.19. The van der Waals surface area contributed by atoms with Gasteiger partial charge in [0.15, 0.2) is 0 Å². The third-order valence-corrected chi connectivity index (χ3v) is 7.03. The Morgan fingerprint density at radius 3 is 1.12 bits per heavy atom. The van der Waals surface area contributed by atoms with E-state index in [2.05, 4.69) is 74.5 Å². The first-order chi connectivity index (χ1) is 15.7. The number of rotatable bonds is 4. The first-order valence-corrected chi connectivity index (χ1v) is 13.8. The molecule has 2 aliphatic carbocycles. The molecule has 0 unspecified atom stereocenters. The summed E-state index contributed by atoms with van der Waals surface area (Å²) in [6.07, 6.45) is 14.8. The van der Waals surface area contributed by atoms with Crippen LogP contribution < -0.4 is 0 Å². The SMILES string of the molecule is CC.CC.CC1CCC(CC2CCC(C)CC2)CC1.c1ccc(Cc2ccccc2)cc1. The second kappa shape index (κ2) is 17.9. The van der Waals surface area contributed by atoms with E-state index in [0.29, 0.717) is 0 Å². The molecule has 0 heteroatoms. The van der Waals surface area contributed by atoms with Gasteiger partial charge in [0, 0.05) is 0 Å². The van der Waals surface area contributed by atoms with Gasteiger partial charge in [-0.2, -0.15) is 0 Å². The van der Waals surface area contributed by atoms with Gasteiger partial charge in [-0.05, 0) is 47.6 Å². The van der Waals surface area contributed by atoms with Crippen LogP contribution in [0.2, 0.25) is 0 Å². The molecule has 0 heterocycles. The van der Waals surface area contributed by atoms with Crippen LogP contribution in [0.3, 0.4) is 0 Å². The fourth-order valence-electron chi connectivity index (χ4n) is 5.03. The fraction of sp³-hybridized carbons (Fsp3) is 0.625. The average Bonchev–Trinajstić information content (AvgIpc) is 2.86. The molecule has 0 atom stereocenters. The molecule has 0 spiro atoms.